The van der Waals surface area contributed by atoms with Crippen LogP contribution < -0.4 is 11.3 Å². The Balaban J connectivity index is 2.01. The fourth-order valence-corrected chi connectivity index (χ4v) is 2.15. The minimum Gasteiger partial charge on any atom is -0.464 e. The molecule has 0 fully saturated rings. The van der Waals surface area contributed by atoms with Crippen LogP contribution in [0.5, 0.6) is 0 Å². The predicted octanol–water partition coefficient (Wildman–Crippen LogP) is 1.96. The Bertz CT molecular complexity index is 622. The van der Waals surface area contributed by atoms with E-state index in [1.165, 1.54) is 12.1 Å². The Labute approximate surface area is 122 Å². The molecule has 0 aliphatic carbocycles. The summed E-state index contributed by atoms with van der Waals surface area (Å²) in [4.78, 5) is 13.5. The lowest BCUT2D eigenvalue weighted by molar-refractivity contribution is 0.0952. The number of hydrogen-bond donors (Lipinski definition) is 2. The molecule has 1 aromatic carbocycles. The molecular weight excluding hydrogens is 273 g/mol. The second kappa shape index (κ2) is 6.51. The molecule has 0 aliphatic rings. The zero-order valence-electron chi connectivity index (χ0n) is 12.0. The van der Waals surface area contributed by atoms with E-state index < -0.39 is 0 Å². The van der Waals surface area contributed by atoms with Crippen molar-refractivity contribution in [3.05, 3.63) is 58.8 Å². The second-order valence-corrected chi connectivity index (χ2v) is 4.95. The summed E-state index contributed by atoms with van der Waals surface area (Å²) in [5.41, 5.74) is 3.52. The number of nitrogen functional groups attached to an aromatic ring is 1. The number of aryl methyl sites for hydroxylation is 1. The number of carbonyl (C=O) groups excluding carboxylic acids is 1. The molecule has 0 aliphatic heterocycles. The molecule has 1 aromatic heterocycles. The molecule has 2 aromatic rings. The van der Waals surface area contributed by atoms with Gasteiger partial charge in [-0.15, -0.1) is 0 Å². The van der Waals surface area contributed by atoms with E-state index in [4.69, 9.17) is 10.3 Å². The first kappa shape index (κ1) is 15.2. The molecular formula is C15H18FN3O2. The molecule has 0 bridgehead atoms. The lowest BCUT2D eigenvalue weighted by Gasteiger charge is -2.15. The SMILES string of the molecule is Cc1oc(CN(C)Cc2ccc(F)cc2)cc1C(=O)NN. The van der Waals surface area contributed by atoms with Gasteiger partial charge >= 0.3 is 0 Å². The summed E-state index contributed by atoms with van der Waals surface area (Å²) in [6.07, 6.45) is 0. The minimum absolute atomic E-state index is 0.250. The normalized spacial score (nSPS) is 10.9. The van der Waals surface area contributed by atoms with Crippen LogP contribution in [-0.4, -0.2) is 17.9 Å². The van der Waals surface area contributed by atoms with Crippen molar-refractivity contribution < 1.29 is 13.6 Å². The van der Waals surface area contributed by atoms with Gasteiger partial charge in [-0.1, -0.05) is 12.1 Å². The van der Waals surface area contributed by atoms with Crippen molar-refractivity contribution in [2.45, 2.75) is 20.0 Å². The highest BCUT2D eigenvalue weighted by Gasteiger charge is 2.15. The van der Waals surface area contributed by atoms with Gasteiger partial charge in [-0.25, -0.2) is 10.2 Å². The summed E-state index contributed by atoms with van der Waals surface area (Å²) in [7, 11) is 1.92. The molecule has 0 atom stereocenters. The molecule has 2 rings (SSSR count). The lowest BCUT2D eigenvalue weighted by atomic mass is 10.2. The lowest BCUT2D eigenvalue weighted by Crippen LogP contribution is -2.30. The fraction of sp³-hybridized carbons (Fsp3) is 0.267. The Kier molecular flexibility index (Phi) is 4.72. The number of rotatable bonds is 5. The van der Waals surface area contributed by atoms with Gasteiger partial charge < -0.3 is 4.42 Å². The van der Waals surface area contributed by atoms with Crippen molar-refractivity contribution in [1.29, 1.82) is 0 Å². The smallest absolute Gasteiger partial charge is 0.268 e. The molecule has 112 valence electrons. The topological polar surface area (TPSA) is 71.5 Å². The molecule has 5 nitrogen and oxygen atoms in total. The van der Waals surface area contributed by atoms with E-state index >= 15 is 0 Å². The van der Waals surface area contributed by atoms with Gasteiger partial charge in [0.25, 0.3) is 5.91 Å². The van der Waals surface area contributed by atoms with Crippen LogP contribution in [-0.2, 0) is 13.1 Å². The van der Waals surface area contributed by atoms with E-state index in [0.717, 1.165) is 5.56 Å². The van der Waals surface area contributed by atoms with Crippen molar-refractivity contribution in [3.8, 4) is 0 Å². The van der Waals surface area contributed by atoms with Crippen LogP contribution in [0.4, 0.5) is 4.39 Å². The zero-order valence-corrected chi connectivity index (χ0v) is 12.0. The summed E-state index contributed by atoms with van der Waals surface area (Å²) in [5, 5.41) is 0. The van der Waals surface area contributed by atoms with Crippen LogP contribution in [0.15, 0.2) is 34.7 Å². The first-order valence-corrected chi connectivity index (χ1v) is 6.53. The van der Waals surface area contributed by atoms with Crippen LogP contribution in [0.25, 0.3) is 0 Å². The quantitative estimate of drug-likeness (QED) is 0.502. The van der Waals surface area contributed by atoms with Crippen LogP contribution in [0, 0.1) is 12.7 Å². The van der Waals surface area contributed by atoms with Crippen LogP contribution >= 0.6 is 0 Å². The third-order valence-electron chi connectivity index (χ3n) is 3.14. The largest absolute Gasteiger partial charge is 0.464 e. The maximum atomic E-state index is 12.9. The first-order valence-electron chi connectivity index (χ1n) is 6.53. The average molecular weight is 291 g/mol. The average Bonchev–Trinajstić information content (AvgIpc) is 2.81. The van der Waals surface area contributed by atoms with Gasteiger partial charge in [-0.05, 0) is 37.7 Å². The van der Waals surface area contributed by atoms with Crippen molar-refractivity contribution in [2.24, 2.45) is 5.84 Å². The van der Waals surface area contributed by atoms with Gasteiger partial charge in [-0.2, -0.15) is 0 Å². The van der Waals surface area contributed by atoms with Crippen molar-refractivity contribution in [2.75, 3.05) is 7.05 Å². The Morgan fingerprint density at radius 1 is 1.33 bits per heavy atom. The summed E-state index contributed by atoms with van der Waals surface area (Å²) in [6.45, 7) is 2.91. The number of nitrogens with one attached hydrogen (secondary N) is 1. The van der Waals surface area contributed by atoms with E-state index in [2.05, 4.69) is 5.43 Å². The van der Waals surface area contributed by atoms with E-state index in [1.54, 1.807) is 25.1 Å². The number of furan rings is 1. The Morgan fingerprint density at radius 2 is 2.00 bits per heavy atom. The molecule has 0 spiro atoms. The van der Waals surface area contributed by atoms with Gasteiger partial charge in [0.2, 0.25) is 0 Å². The highest BCUT2D eigenvalue weighted by Crippen LogP contribution is 2.17. The molecule has 6 heteroatoms. The van der Waals surface area contributed by atoms with Crippen molar-refractivity contribution in [1.82, 2.24) is 10.3 Å². The van der Waals surface area contributed by atoms with Crippen LogP contribution in [0.3, 0.4) is 0 Å². The van der Waals surface area contributed by atoms with Gasteiger partial charge in [0.1, 0.15) is 17.3 Å². The van der Waals surface area contributed by atoms with Gasteiger partial charge in [0.05, 0.1) is 12.1 Å². The molecule has 1 heterocycles. The van der Waals surface area contributed by atoms with Crippen molar-refractivity contribution in [3.63, 3.8) is 0 Å². The second-order valence-electron chi connectivity index (χ2n) is 4.95. The van der Waals surface area contributed by atoms with E-state index in [0.29, 0.717) is 30.2 Å². The highest BCUT2D eigenvalue weighted by atomic mass is 19.1. The van der Waals surface area contributed by atoms with Gasteiger partial charge in [-0.3, -0.25) is 15.1 Å². The summed E-state index contributed by atoms with van der Waals surface area (Å²) in [6, 6.07) is 8.03. The number of hydrogen-bond acceptors (Lipinski definition) is 4. The standard InChI is InChI=1S/C15H18FN3O2/c1-10-14(15(20)18-17)7-13(21-10)9-19(2)8-11-3-5-12(16)6-4-11/h3-7H,8-9,17H2,1-2H3,(H,18,20). The number of amides is 1. The fourth-order valence-electron chi connectivity index (χ4n) is 2.15. The molecule has 0 unspecified atom stereocenters. The molecule has 0 radical (unpaired) electrons. The molecule has 0 saturated carbocycles. The van der Waals surface area contributed by atoms with E-state index in [9.17, 15) is 9.18 Å². The number of carbonyl (C=O) groups is 1. The Hall–Kier alpha value is -2.18. The van der Waals surface area contributed by atoms with E-state index in [-0.39, 0.29) is 11.7 Å². The number of hydrazine groups is 1. The molecule has 0 saturated heterocycles. The minimum atomic E-state index is -0.372. The van der Waals surface area contributed by atoms with Crippen LogP contribution in [0.1, 0.15) is 27.4 Å². The monoisotopic (exact) mass is 291 g/mol. The van der Waals surface area contributed by atoms with Gasteiger partial charge in [0, 0.05) is 6.54 Å². The third kappa shape index (κ3) is 3.90. The maximum absolute atomic E-state index is 12.9. The van der Waals surface area contributed by atoms with E-state index in [1.807, 2.05) is 11.9 Å². The molecule has 3 N–H and O–H groups in total. The predicted molar refractivity (Wildman–Crippen MR) is 76.7 cm³/mol. The number of benzene rings is 1. The summed E-state index contributed by atoms with van der Waals surface area (Å²) < 4.78 is 18.4. The maximum Gasteiger partial charge on any atom is 0.268 e. The third-order valence-corrected chi connectivity index (χ3v) is 3.14. The van der Waals surface area contributed by atoms with Gasteiger partial charge in [0.15, 0.2) is 0 Å². The Morgan fingerprint density at radius 3 is 2.62 bits per heavy atom. The number of nitrogens with zero attached hydrogens (tertiary/aromatic N) is 1. The summed E-state index contributed by atoms with van der Waals surface area (Å²) >= 11 is 0. The molecule has 1 amide bonds. The zero-order chi connectivity index (χ0) is 15.4. The van der Waals surface area contributed by atoms with Crippen LogP contribution in [0.2, 0.25) is 0 Å². The molecule has 21 heavy (non-hydrogen) atoms. The number of nitrogens with two attached hydrogens (primary N) is 1. The first-order chi connectivity index (χ1) is 9.99. The van der Waals surface area contributed by atoms with Crippen molar-refractivity contribution >= 4 is 5.91 Å². The number of halogens is 1. The summed E-state index contributed by atoms with van der Waals surface area (Å²) in [5.74, 6) is 5.70. The highest BCUT2D eigenvalue weighted by molar-refractivity contribution is 5.94.